The van der Waals surface area contributed by atoms with E-state index in [-0.39, 0.29) is 5.69 Å². The van der Waals surface area contributed by atoms with Crippen molar-refractivity contribution in [2.24, 2.45) is 12.0 Å². The Bertz CT molecular complexity index is 458. The van der Waals surface area contributed by atoms with Gasteiger partial charge in [0.2, 0.25) is 0 Å². The number of hydrogen-bond acceptors (Lipinski definition) is 3. The van der Waals surface area contributed by atoms with Gasteiger partial charge < -0.3 is 9.47 Å². The lowest BCUT2D eigenvalue weighted by Gasteiger charge is -2.15. The van der Waals surface area contributed by atoms with Crippen LogP contribution in [0.3, 0.4) is 0 Å². The van der Waals surface area contributed by atoms with Crippen LogP contribution in [0.5, 0.6) is 0 Å². The topological polar surface area (TPSA) is 50.5 Å². The molecule has 5 heteroatoms. The molecule has 0 saturated carbocycles. The molecule has 18 heavy (non-hydrogen) atoms. The van der Waals surface area contributed by atoms with Gasteiger partial charge in [0, 0.05) is 26.3 Å². The van der Waals surface area contributed by atoms with Crippen molar-refractivity contribution in [1.29, 1.82) is 0 Å². The third-order valence-corrected chi connectivity index (χ3v) is 2.80. The second kappa shape index (κ2) is 6.93. The fourth-order valence-corrected chi connectivity index (χ4v) is 1.80. The predicted molar refractivity (Wildman–Crippen MR) is 74.4 cm³/mol. The number of aryl methyl sites for hydroxylation is 1. The lowest BCUT2D eigenvalue weighted by Crippen LogP contribution is -2.25. The van der Waals surface area contributed by atoms with E-state index in [0.29, 0.717) is 5.82 Å². The summed E-state index contributed by atoms with van der Waals surface area (Å²) in [5.41, 5.74) is -0.268. The van der Waals surface area contributed by atoms with E-state index in [0.717, 1.165) is 18.9 Å². The molecule has 1 aliphatic rings. The summed E-state index contributed by atoms with van der Waals surface area (Å²) in [7, 11) is 1.68. The summed E-state index contributed by atoms with van der Waals surface area (Å²) in [6, 6.07) is 1.75. The van der Waals surface area contributed by atoms with Gasteiger partial charge in [0.05, 0.1) is 0 Å². The standard InChI is InChI=1S/C11H16N4O.C2H6/c1-9(15-6-3-4-7-15)12-10-5-8-14(2)11(16)13-10;1-2/h5,8H,3-4,6-7H2,1-2H3;1-2H3. The second-order valence-corrected chi connectivity index (χ2v) is 4.03. The van der Waals surface area contributed by atoms with Gasteiger partial charge in [-0.1, -0.05) is 13.8 Å². The average Bonchev–Trinajstić information content (AvgIpc) is 2.90. The molecular formula is C13H22N4O. The van der Waals surface area contributed by atoms with Crippen LogP contribution in [0.4, 0.5) is 5.82 Å². The summed E-state index contributed by atoms with van der Waals surface area (Å²) < 4.78 is 1.43. The Morgan fingerprint density at radius 2 is 1.94 bits per heavy atom. The Labute approximate surface area is 108 Å². The molecule has 100 valence electrons. The quantitative estimate of drug-likeness (QED) is 0.565. The van der Waals surface area contributed by atoms with Crippen LogP contribution in [0.15, 0.2) is 22.1 Å². The van der Waals surface area contributed by atoms with Gasteiger partial charge >= 0.3 is 5.69 Å². The van der Waals surface area contributed by atoms with E-state index in [9.17, 15) is 4.79 Å². The fraction of sp³-hybridized carbons (Fsp3) is 0.615. The summed E-state index contributed by atoms with van der Waals surface area (Å²) in [6.45, 7) is 8.07. The summed E-state index contributed by atoms with van der Waals surface area (Å²) in [5, 5.41) is 0. The number of aromatic nitrogens is 2. The molecule has 2 rings (SSSR count). The number of nitrogens with zero attached hydrogens (tertiary/aromatic N) is 4. The van der Waals surface area contributed by atoms with E-state index in [4.69, 9.17) is 0 Å². The Morgan fingerprint density at radius 3 is 2.50 bits per heavy atom. The highest BCUT2D eigenvalue weighted by Gasteiger charge is 2.12. The molecule has 1 aliphatic heterocycles. The van der Waals surface area contributed by atoms with Crippen LogP contribution in [0.1, 0.15) is 33.6 Å². The molecule has 1 aromatic heterocycles. The molecule has 0 aliphatic carbocycles. The predicted octanol–water partition coefficient (Wildman–Crippen LogP) is 1.95. The molecule has 2 heterocycles. The smallest absolute Gasteiger partial charge is 0.349 e. The van der Waals surface area contributed by atoms with Crippen LogP contribution in [0, 0.1) is 0 Å². The molecule has 0 radical (unpaired) electrons. The largest absolute Gasteiger partial charge is 0.360 e. The highest BCUT2D eigenvalue weighted by molar-refractivity contribution is 5.82. The van der Waals surface area contributed by atoms with Crippen LogP contribution in [0.2, 0.25) is 0 Å². The van der Waals surface area contributed by atoms with Gasteiger partial charge in [0.15, 0.2) is 5.82 Å². The van der Waals surface area contributed by atoms with Crippen LogP contribution >= 0.6 is 0 Å². The maximum atomic E-state index is 11.3. The average molecular weight is 250 g/mol. The molecule has 1 fully saturated rings. The van der Waals surface area contributed by atoms with Crippen LogP contribution in [-0.2, 0) is 7.05 Å². The Hall–Kier alpha value is -1.65. The molecule has 0 amide bonds. The lowest BCUT2D eigenvalue weighted by atomic mass is 10.4. The monoisotopic (exact) mass is 250 g/mol. The molecule has 0 aromatic carbocycles. The van der Waals surface area contributed by atoms with Gasteiger partial charge in [0.1, 0.15) is 5.84 Å². The van der Waals surface area contributed by atoms with Gasteiger partial charge in [-0.15, -0.1) is 0 Å². The van der Waals surface area contributed by atoms with Gasteiger partial charge in [-0.3, -0.25) is 0 Å². The number of rotatable bonds is 1. The molecule has 0 bridgehead atoms. The maximum absolute atomic E-state index is 11.3. The van der Waals surface area contributed by atoms with Crippen molar-refractivity contribution in [3.8, 4) is 0 Å². The van der Waals surface area contributed by atoms with Crippen molar-refractivity contribution in [2.45, 2.75) is 33.6 Å². The van der Waals surface area contributed by atoms with Crippen LogP contribution in [0.25, 0.3) is 0 Å². The molecule has 0 atom stereocenters. The molecule has 0 unspecified atom stereocenters. The molecule has 1 saturated heterocycles. The van der Waals surface area contributed by atoms with Crippen LogP contribution < -0.4 is 5.69 Å². The number of aliphatic imine (C=N–C) groups is 1. The first kappa shape index (κ1) is 14.4. The summed E-state index contributed by atoms with van der Waals surface area (Å²) in [4.78, 5) is 21.8. The highest BCUT2D eigenvalue weighted by Crippen LogP contribution is 2.11. The van der Waals surface area contributed by atoms with Gasteiger partial charge in [0.25, 0.3) is 0 Å². The van der Waals surface area contributed by atoms with Crippen molar-refractivity contribution < 1.29 is 0 Å². The van der Waals surface area contributed by atoms with E-state index >= 15 is 0 Å². The summed E-state index contributed by atoms with van der Waals surface area (Å²) >= 11 is 0. The van der Waals surface area contributed by atoms with Crippen molar-refractivity contribution in [3.63, 3.8) is 0 Å². The maximum Gasteiger partial charge on any atom is 0.349 e. The van der Waals surface area contributed by atoms with E-state index in [2.05, 4.69) is 14.9 Å². The molecule has 0 spiro atoms. The van der Waals surface area contributed by atoms with E-state index < -0.39 is 0 Å². The van der Waals surface area contributed by atoms with E-state index in [1.165, 1.54) is 17.4 Å². The van der Waals surface area contributed by atoms with E-state index in [1.807, 2.05) is 20.8 Å². The first-order chi connectivity index (χ1) is 8.66. The minimum atomic E-state index is -0.268. The van der Waals surface area contributed by atoms with Crippen molar-refractivity contribution in [2.75, 3.05) is 13.1 Å². The zero-order valence-corrected chi connectivity index (χ0v) is 11.7. The van der Waals surface area contributed by atoms with Crippen molar-refractivity contribution in [1.82, 2.24) is 14.5 Å². The summed E-state index contributed by atoms with van der Waals surface area (Å²) in [6.07, 6.45) is 4.12. The minimum Gasteiger partial charge on any atom is -0.360 e. The van der Waals surface area contributed by atoms with Gasteiger partial charge in [-0.05, 0) is 25.8 Å². The van der Waals surface area contributed by atoms with Gasteiger partial charge in [-0.25, -0.2) is 9.79 Å². The van der Waals surface area contributed by atoms with Crippen LogP contribution in [-0.4, -0.2) is 33.4 Å². The lowest BCUT2D eigenvalue weighted by molar-refractivity contribution is 0.516. The van der Waals surface area contributed by atoms with Crippen molar-refractivity contribution >= 4 is 11.7 Å². The Balaban J connectivity index is 0.000000771. The number of amidine groups is 1. The second-order valence-electron chi connectivity index (χ2n) is 4.03. The van der Waals surface area contributed by atoms with Crippen molar-refractivity contribution in [3.05, 3.63) is 22.7 Å². The van der Waals surface area contributed by atoms with Gasteiger partial charge in [-0.2, -0.15) is 4.98 Å². The first-order valence-electron chi connectivity index (χ1n) is 6.51. The highest BCUT2D eigenvalue weighted by atomic mass is 16.1. The zero-order valence-electron chi connectivity index (χ0n) is 11.7. The zero-order chi connectivity index (χ0) is 13.5. The Morgan fingerprint density at radius 1 is 1.33 bits per heavy atom. The summed E-state index contributed by atoms with van der Waals surface area (Å²) in [5.74, 6) is 1.44. The molecule has 1 aromatic rings. The number of hydrogen-bond donors (Lipinski definition) is 0. The Kier molecular flexibility index (Phi) is 5.55. The van der Waals surface area contributed by atoms with E-state index in [1.54, 1.807) is 19.3 Å². The number of likely N-dealkylation sites (tertiary alicyclic amines) is 1. The molecule has 5 nitrogen and oxygen atoms in total. The molecule has 0 N–H and O–H groups in total. The SMILES string of the molecule is CC.CC(=Nc1ccn(C)c(=O)n1)N1CCCC1. The molecular weight excluding hydrogens is 228 g/mol. The first-order valence-corrected chi connectivity index (χ1v) is 6.51. The normalized spacial score (nSPS) is 15.3. The minimum absolute atomic E-state index is 0.268. The fourth-order valence-electron chi connectivity index (χ4n) is 1.80. The third-order valence-electron chi connectivity index (χ3n) is 2.80. The third kappa shape index (κ3) is 3.68.